The Bertz CT molecular complexity index is 1180. The number of hydrogen-bond donors (Lipinski definition) is 3. The molecule has 2 amide bonds. The third-order valence-corrected chi connectivity index (χ3v) is 5.96. The van der Waals surface area contributed by atoms with E-state index in [9.17, 15) is 14.4 Å². The highest BCUT2D eigenvalue weighted by Crippen LogP contribution is 2.44. The van der Waals surface area contributed by atoms with E-state index >= 15 is 0 Å². The van der Waals surface area contributed by atoms with Crippen LogP contribution < -0.4 is 10.6 Å². The van der Waals surface area contributed by atoms with Crippen molar-refractivity contribution in [3.05, 3.63) is 89.5 Å². The molecular weight excluding hydrogens is 448 g/mol. The Morgan fingerprint density at radius 2 is 1.51 bits per heavy atom. The maximum atomic E-state index is 12.8. The number of hydrogen-bond acceptors (Lipinski definition) is 5. The molecule has 1 aliphatic rings. The van der Waals surface area contributed by atoms with Gasteiger partial charge in [-0.15, -0.1) is 0 Å². The van der Waals surface area contributed by atoms with Crippen LogP contribution in [0.25, 0.3) is 11.1 Å². The van der Waals surface area contributed by atoms with Gasteiger partial charge in [-0.25, -0.2) is 9.59 Å². The van der Waals surface area contributed by atoms with Gasteiger partial charge in [0.2, 0.25) is 5.91 Å². The van der Waals surface area contributed by atoms with Crippen LogP contribution in [0, 0.1) is 0 Å². The van der Waals surface area contributed by atoms with E-state index in [4.69, 9.17) is 14.6 Å². The number of ether oxygens (including phenoxy) is 2. The van der Waals surface area contributed by atoms with Crippen molar-refractivity contribution in [3.8, 4) is 11.1 Å². The van der Waals surface area contributed by atoms with Gasteiger partial charge in [0.05, 0.1) is 5.56 Å². The fourth-order valence-corrected chi connectivity index (χ4v) is 4.21. The summed E-state index contributed by atoms with van der Waals surface area (Å²) in [5, 5.41) is 14.3. The Labute approximate surface area is 202 Å². The lowest BCUT2D eigenvalue weighted by atomic mass is 9.98. The van der Waals surface area contributed by atoms with E-state index in [1.807, 2.05) is 36.4 Å². The molecule has 1 unspecified atom stereocenters. The van der Waals surface area contributed by atoms with Crippen molar-refractivity contribution in [2.45, 2.75) is 18.4 Å². The average Bonchev–Trinajstić information content (AvgIpc) is 3.19. The van der Waals surface area contributed by atoms with Crippen molar-refractivity contribution < 1.29 is 29.0 Å². The minimum Gasteiger partial charge on any atom is -0.478 e. The number of anilines is 1. The number of benzene rings is 3. The second-order valence-corrected chi connectivity index (χ2v) is 8.18. The van der Waals surface area contributed by atoms with Gasteiger partial charge in [-0.2, -0.15) is 0 Å². The van der Waals surface area contributed by atoms with Gasteiger partial charge < -0.3 is 25.2 Å². The number of aromatic carboxylic acids is 1. The summed E-state index contributed by atoms with van der Waals surface area (Å²) in [6.07, 6.45) is -0.468. The molecule has 3 aromatic rings. The Balaban J connectivity index is 1.40. The minimum absolute atomic E-state index is 0.0906. The zero-order chi connectivity index (χ0) is 24.8. The van der Waals surface area contributed by atoms with Crippen molar-refractivity contribution in [3.63, 3.8) is 0 Å². The van der Waals surface area contributed by atoms with Gasteiger partial charge in [-0.3, -0.25) is 4.79 Å². The number of amides is 2. The number of alkyl carbamates (subject to hydrolysis) is 1. The molecular formula is C27H26N2O6. The monoisotopic (exact) mass is 474 g/mol. The molecule has 1 aliphatic carbocycles. The third-order valence-electron chi connectivity index (χ3n) is 5.96. The topological polar surface area (TPSA) is 114 Å². The molecule has 0 heterocycles. The van der Waals surface area contributed by atoms with Crippen LogP contribution in [0.15, 0.2) is 72.8 Å². The molecule has 3 aromatic carbocycles. The SMILES string of the molecule is COCCC(NC(=O)OCC1c2ccccc2-c2ccccc21)C(=O)Nc1ccc(C(=O)O)cc1. The number of carbonyl (C=O) groups is 3. The molecule has 0 spiro atoms. The molecule has 35 heavy (non-hydrogen) atoms. The molecule has 0 bridgehead atoms. The first-order chi connectivity index (χ1) is 17.0. The fraction of sp³-hybridized carbons (Fsp3) is 0.222. The molecule has 3 N–H and O–H groups in total. The van der Waals surface area contributed by atoms with E-state index in [1.165, 1.54) is 31.4 Å². The first kappa shape index (κ1) is 24.0. The number of nitrogens with one attached hydrogen (secondary N) is 2. The molecule has 1 atom stereocenters. The number of methoxy groups -OCH3 is 1. The molecule has 0 aliphatic heterocycles. The summed E-state index contributed by atoms with van der Waals surface area (Å²) < 4.78 is 10.6. The third kappa shape index (κ3) is 5.50. The van der Waals surface area contributed by atoms with E-state index in [0.717, 1.165) is 22.3 Å². The largest absolute Gasteiger partial charge is 0.478 e. The minimum atomic E-state index is -1.06. The van der Waals surface area contributed by atoms with E-state index < -0.39 is 24.0 Å². The molecule has 4 rings (SSSR count). The Morgan fingerprint density at radius 3 is 2.09 bits per heavy atom. The van der Waals surface area contributed by atoms with Crippen LogP contribution in [0.1, 0.15) is 33.8 Å². The van der Waals surface area contributed by atoms with Gasteiger partial charge in [0.1, 0.15) is 12.6 Å². The van der Waals surface area contributed by atoms with Gasteiger partial charge >= 0.3 is 12.1 Å². The number of rotatable bonds is 9. The first-order valence-corrected chi connectivity index (χ1v) is 11.2. The summed E-state index contributed by atoms with van der Waals surface area (Å²) in [4.78, 5) is 36.5. The Kier molecular flexibility index (Phi) is 7.42. The lowest BCUT2D eigenvalue weighted by Gasteiger charge is -2.19. The lowest BCUT2D eigenvalue weighted by Crippen LogP contribution is -2.45. The highest BCUT2D eigenvalue weighted by atomic mass is 16.5. The molecule has 0 fully saturated rings. The molecule has 0 radical (unpaired) electrons. The van der Waals surface area contributed by atoms with Crippen LogP contribution in [0.5, 0.6) is 0 Å². The Morgan fingerprint density at radius 1 is 0.914 bits per heavy atom. The second-order valence-electron chi connectivity index (χ2n) is 8.18. The van der Waals surface area contributed by atoms with Crippen molar-refractivity contribution in [2.75, 3.05) is 25.6 Å². The summed E-state index contributed by atoms with van der Waals surface area (Å²) in [7, 11) is 1.51. The van der Waals surface area contributed by atoms with Crippen LogP contribution in [0.4, 0.5) is 10.5 Å². The average molecular weight is 475 g/mol. The van der Waals surface area contributed by atoms with Crippen molar-refractivity contribution in [1.29, 1.82) is 0 Å². The van der Waals surface area contributed by atoms with E-state index in [1.54, 1.807) is 0 Å². The molecule has 0 aromatic heterocycles. The van der Waals surface area contributed by atoms with Gasteiger partial charge in [-0.05, 0) is 46.5 Å². The van der Waals surface area contributed by atoms with Crippen molar-refractivity contribution in [1.82, 2.24) is 5.32 Å². The molecule has 180 valence electrons. The maximum Gasteiger partial charge on any atom is 0.407 e. The van der Waals surface area contributed by atoms with Crippen LogP contribution in [0.3, 0.4) is 0 Å². The van der Waals surface area contributed by atoms with Crippen LogP contribution in [-0.4, -0.2) is 49.4 Å². The summed E-state index contributed by atoms with van der Waals surface area (Å²) in [6.45, 7) is 0.384. The summed E-state index contributed by atoms with van der Waals surface area (Å²) in [6, 6.07) is 20.9. The predicted octanol–water partition coefficient (Wildman–Crippen LogP) is 4.27. The quantitative estimate of drug-likeness (QED) is 0.427. The summed E-state index contributed by atoms with van der Waals surface area (Å²) in [5.41, 5.74) is 4.97. The summed E-state index contributed by atoms with van der Waals surface area (Å²) in [5.74, 6) is -1.61. The predicted molar refractivity (Wildman–Crippen MR) is 131 cm³/mol. The van der Waals surface area contributed by atoms with Gasteiger partial charge in [0.25, 0.3) is 0 Å². The van der Waals surface area contributed by atoms with Crippen LogP contribution >= 0.6 is 0 Å². The van der Waals surface area contributed by atoms with Gasteiger partial charge in [0, 0.05) is 31.7 Å². The number of carboxylic acid groups (broad SMARTS) is 1. The standard InChI is InChI=1S/C27H26N2O6/c1-34-15-14-24(25(30)28-18-12-10-17(11-13-18)26(31)32)29-27(33)35-16-23-21-8-4-2-6-19(21)20-7-3-5-9-22(20)23/h2-13,23-24H,14-16H2,1H3,(H,28,30)(H,29,33)(H,31,32). The first-order valence-electron chi connectivity index (χ1n) is 11.2. The second kappa shape index (κ2) is 10.8. The van der Waals surface area contributed by atoms with Gasteiger partial charge in [-0.1, -0.05) is 48.5 Å². The molecule has 8 nitrogen and oxygen atoms in total. The zero-order valence-corrected chi connectivity index (χ0v) is 19.2. The highest BCUT2D eigenvalue weighted by Gasteiger charge is 2.29. The lowest BCUT2D eigenvalue weighted by molar-refractivity contribution is -0.118. The number of fused-ring (bicyclic) bond motifs is 3. The molecule has 0 saturated heterocycles. The van der Waals surface area contributed by atoms with Crippen molar-refractivity contribution >= 4 is 23.7 Å². The zero-order valence-electron chi connectivity index (χ0n) is 19.2. The van der Waals surface area contributed by atoms with E-state index in [-0.39, 0.29) is 31.1 Å². The number of carboxylic acids is 1. The van der Waals surface area contributed by atoms with E-state index in [2.05, 4.69) is 22.8 Å². The molecule has 8 heteroatoms. The summed E-state index contributed by atoms with van der Waals surface area (Å²) >= 11 is 0. The fourth-order valence-electron chi connectivity index (χ4n) is 4.21. The van der Waals surface area contributed by atoms with Crippen molar-refractivity contribution in [2.24, 2.45) is 0 Å². The highest BCUT2D eigenvalue weighted by molar-refractivity contribution is 5.97. The normalized spacial score (nSPS) is 12.8. The van der Waals surface area contributed by atoms with Gasteiger partial charge in [0.15, 0.2) is 0 Å². The molecule has 0 saturated carbocycles. The van der Waals surface area contributed by atoms with E-state index in [0.29, 0.717) is 5.69 Å². The maximum absolute atomic E-state index is 12.8. The smallest absolute Gasteiger partial charge is 0.407 e. The van der Waals surface area contributed by atoms with Crippen LogP contribution in [-0.2, 0) is 14.3 Å². The van der Waals surface area contributed by atoms with Crippen LogP contribution in [0.2, 0.25) is 0 Å². The number of carbonyl (C=O) groups excluding carboxylic acids is 2. The Hall–Kier alpha value is -4.17.